The number of aliphatic carboxylic acids is 1. The van der Waals surface area contributed by atoms with Crippen LogP contribution in [0.25, 0.3) is 5.70 Å². The highest BCUT2D eigenvalue weighted by Crippen LogP contribution is 2.31. The van der Waals surface area contributed by atoms with Crippen LogP contribution in [-0.4, -0.2) is 35.3 Å². The predicted molar refractivity (Wildman–Crippen MR) is 81.4 cm³/mol. The van der Waals surface area contributed by atoms with Crippen molar-refractivity contribution < 1.29 is 24.4 Å². The number of esters is 1. The van der Waals surface area contributed by atoms with E-state index in [2.05, 4.69) is 9.73 Å². The summed E-state index contributed by atoms with van der Waals surface area (Å²) in [4.78, 5) is 37.2. The molecule has 1 unspecified atom stereocenters. The fourth-order valence-corrected chi connectivity index (χ4v) is 2.26. The molecule has 1 aromatic carbocycles. The Morgan fingerprint density at radius 2 is 2.13 bits per heavy atom. The molecule has 0 spiro atoms. The Morgan fingerprint density at radius 3 is 2.61 bits per heavy atom. The van der Waals surface area contributed by atoms with E-state index in [1.807, 2.05) is 0 Å². The van der Waals surface area contributed by atoms with Gasteiger partial charge in [0.1, 0.15) is 5.56 Å². The van der Waals surface area contributed by atoms with E-state index in [0.29, 0.717) is 16.8 Å². The number of carbonyl (C=O) groups excluding carboxylic acids is 1. The lowest BCUT2D eigenvalue weighted by Crippen LogP contribution is -2.16. The number of nitro groups is 1. The van der Waals surface area contributed by atoms with Gasteiger partial charge in [-0.05, 0) is 25.0 Å². The molecule has 0 saturated carbocycles. The van der Waals surface area contributed by atoms with Crippen molar-refractivity contribution >= 4 is 29.5 Å². The number of aliphatic imine (C=N–C) groups is 1. The molecule has 0 aliphatic carbocycles. The second-order valence-electron chi connectivity index (χ2n) is 4.98. The number of allylic oxidation sites excluding steroid dienone is 1. The Balaban J connectivity index is 2.49. The van der Waals surface area contributed by atoms with E-state index in [1.165, 1.54) is 18.3 Å². The molecule has 0 aromatic heterocycles. The van der Waals surface area contributed by atoms with Gasteiger partial charge in [-0.2, -0.15) is 0 Å². The van der Waals surface area contributed by atoms with Crippen molar-refractivity contribution in [3.05, 3.63) is 45.0 Å². The Bertz CT molecular complexity index is 751. The number of carbonyl (C=O) groups is 2. The molecule has 0 amide bonds. The normalized spacial score (nSPS) is 16.6. The minimum atomic E-state index is -0.972. The van der Waals surface area contributed by atoms with Crippen LogP contribution in [0, 0.1) is 23.0 Å². The number of ether oxygens (including phenoxy) is 1. The summed E-state index contributed by atoms with van der Waals surface area (Å²) in [5.41, 5.74) is 1.04. The van der Waals surface area contributed by atoms with Crippen LogP contribution in [0.5, 0.6) is 0 Å². The minimum Gasteiger partial charge on any atom is -0.481 e. The highest BCUT2D eigenvalue weighted by Gasteiger charge is 2.25. The average Bonchev–Trinajstić information content (AvgIpc) is 2.53. The van der Waals surface area contributed by atoms with Crippen LogP contribution in [-0.2, 0) is 9.53 Å². The molecule has 8 nitrogen and oxygen atoms in total. The predicted octanol–water partition coefficient (Wildman–Crippen LogP) is 2.21. The zero-order chi connectivity index (χ0) is 17.1. The van der Waals surface area contributed by atoms with Crippen LogP contribution in [0.2, 0.25) is 0 Å². The number of rotatable bonds is 4. The van der Waals surface area contributed by atoms with E-state index in [-0.39, 0.29) is 17.7 Å². The molecule has 0 bridgehead atoms. The van der Waals surface area contributed by atoms with Gasteiger partial charge in [0.2, 0.25) is 0 Å². The van der Waals surface area contributed by atoms with Gasteiger partial charge in [-0.3, -0.25) is 19.9 Å². The van der Waals surface area contributed by atoms with E-state index >= 15 is 0 Å². The molecule has 2 rings (SSSR count). The van der Waals surface area contributed by atoms with Gasteiger partial charge in [0.25, 0.3) is 5.69 Å². The first-order valence-electron chi connectivity index (χ1n) is 6.70. The maximum atomic E-state index is 11.8. The van der Waals surface area contributed by atoms with E-state index in [9.17, 15) is 19.7 Å². The highest BCUT2D eigenvalue weighted by atomic mass is 16.6. The Hall–Kier alpha value is -3.03. The van der Waals surface area contributed by atoms with Crippen molar-refractivity contribution in [2.75, 3.05) is 7.11 Å². The standard InChI is InChI=1S/C15H14N2O6/c1-8-5-13(17(21)22)11(15(20)23-2)6-10(8)12-4-3-9(7-16-12)14(18)19/h4-7,9H,3H2,1-2H3,(H,18,19). The third kappa shape index (κ3) is 3.25. The lowest BCUT2D eigenvalue weighted by Gasteiger charge is -2.14. The van der Waals surface area contributed by atoms with Crippen LogP contribution >= 0.6 is 0 Å². The van der Waals surface area contributed by atoms with E-state index in [1.54, 1.807) is 13.0 Å². The summed E-state index contributed by atoms with van der Waals surface area (Å²) in [6.45, 7) is 1.66. The Labute approximate surface area is 131 Å². The first-order valence-corrected chi connectivity index (χ1v) is 6.70. The lowest BCUT2D eigenvalue weighted by atomic mass is 9.96. The fourth-order valence-electron chi connectivity index (χ4n) is 2.26. The lowest BCUT2D eigenvalue weighted by molar-refractivity contribution is -0.385. The molecule has 1 aliphatic rings. The average molecular weight is 318 g/mol. The maximum absolute atomic E-state index is 11.8. The van der Waals surface area contributed by atoms with Crippen molar-refractivity contribution in [3.8, 4) is 0 Å². The van der Waals surface area contributed by atoms with Gasteiger partial charge >= 0.3 is 11.9 Å². The van der Waals surface area contributed by atoms with Gasteiger partial charge in [-0.1, -0.05) is 6.08 Å². The van der Waals surface area contributed by atoms with Crippen molar-refractivity contribution in [1.29, 1.82) is 0 Å². The summed E-state index contributed by atoms with van der Waals surface area (Å²) in [5, 5.41) is 20.0. The molecule has 0 radical (unpaired) electrons. The van der Waals surface area contributed by atoms with Gasteiger partial charge in [0, 0.05) is 17.8 Å². The second kappa shape index (κ2) is 6.39. The van der Waals surface area contributed by atoms with Crippen LogP contribution in [0.4, 0.5) is 5.69 Å². The SMILES string of the molecule is COC(=O)c1cc(C2=CCC(C(=O)O)C=N2)c(C)cc1[N+](=O)[O-]. The third-order valence-corrected chi connectivity index (χ3v) is 3.50. The molecule has 120 valence electrons. The van der Waals surface area contributed by atoms with Crippen LogP contribution in [0.1, 0.15) is 27.9 Å². The zero-order valence-electron chi connectivity index (χ0n) is 12.5. The minimum absolute atomic E-state index is 0.172. The number of nitro benzene ring substituents is 1. The number of methoxy groups -OCH3 is 1. The summed E-state index contributed by atoms with van der Waals surface area (Å²) in [7, 11) is 1.14. The molecule has 23 heavy (non-hydrogen) atoms. The van der Waals surface area contributed by atoms with Crippen LogP contribution < -0.4 is 0 Å². The summed E-state index contributed by atoms with van der Waals surface area (Å²) in [6, 6.07) is 2.63. The largest absolute Gasteiger partial charge is 0.481 e. The monoisotopic (exact) mass is 318 g/mol. The molecular weight excluding hydrogens is 304 g/mol. The molecule has 8 heteroatoms. The van der Waals surface area contributed by atoms with Crippen LogP contribution in [0.15, 0.2) is 23.2 Å². The van der Waals surface area contributed by atoms with Crippen molar-refractivity contribution in [3.63, 3.8) is 0 Å². The summed E-state index contributed by atoms with van der Waals surface area (Å²) in [5.74, 6) is -2.49. The summed E-state index contributed by atoms with van der Waals surface area (Å²) >= 11 is 0. The molecule has 1 aliphatic heterocycles. The number of carboxylic acid groups (broad SMARTS) is 1. The number of hydrogen-bond acceptors (Lipinski definition) is 6. The van der Waals surface area contributed by atoms with Crippen molar-refractivity contribution in [1.82, 2.24) is 0 Å². The number of carboxylic acids is 1. The van der Waals surface area contributed by atoms with Crippen LogP contribution in [0.3, 0.4) is 0 Å². The zero-order valence-corrected chi connectivity index (χ0v) is 12.5. The first kappa shape index (κ1) is 16.3. The maximum Gasteiger partial charge on any atom is 0.344 e. The molecule has 1 aromatic rings. The van der Waals surface area contributed by atoms with Gasteiger partial charge in [-0.25, -0.2) is 4.79 Å². The highest BCUT2D eigenvalue weighted by molar-refractivity contribution is 5.97. The van der Waals surface area contributed by atoms with E-state index in [4.69, 9.17) is 5.11 Å². The van der Waals surface area contributed by atoms with Gasteiger partial charge < -0.3 is 9.84 Å². The molecule has 1 N–H and O–H groups in total. The Kier molecular flexibility index (Phi) is 4.54. The molecular formula is C15H14N2O6. The van der Waals surface area contributed by atoms with Crippen molar-refractivity contribution in [2.45, 2.75) is 13.3 Å². The fraction of sp³-hybridized carbons (Fsp3) is 0.267. The van der Waals surface area contributed by atoms with E-state index < -0.39 is 22.8 Å². The molecule has 1 heterocycles. The summed E-state index contributed by atoms with van der Waals surface area (Å²) in [6.07, 6.45) is 3.21. The second-order valence-corrected chi connectivity index (χ2v) is 4.98. The quantitative estimate of drug-likeness (QED) is 0.516. The number of benzene rings is 1. The first-order chi connectivity index (χ1) is 10.8. The molecule has 0 fully saturated rings. The Morgan fingerprint density at radius 1 is 1.43 bits per heavy atom. The topological polar surface area (TPSA) is 119 Å². The van der Waals surface area contributed by atoms with E-state index in [0.717, 1.165) is 7.11 Å². The third-order valence-electron chi connectivity index (χ3n) is 3.50. The van der Waals surface area contributed by atoms with Crippen molar-refractivity contribution in [2.24, 2.45) is 10.9 Å². The van der Waals surface area contributed by atoms with Gasteiger partial charge in [-0.15, -0.1) is 0 Å². The number of nitrogens with zero attached hydrogens (tertiary/aromatic N) is 2. The number of aryl methyl sites for hydroxylation is 1. The van der Waals surface area contributed by atoms with Gasteiger partial charge in [0.15, 0.2) is 0 Å². The smallest absolute Gasteiger partial charge is 0.344 e. The molecule has 0 saturated heterocycles. The summed E-state index contributed by atoms with van der Waals surface area (Å²) < 4.78 is 4.58. The van der Waals surface area contributed by atoms with Gasteiger partial charge in [0.05, 0.1) is 23.6 Å². The number of hydrogen-bond donors (Lipinski definition) is 1. The molecule has 1 atom stereocenters.